The van der Waals surface area contributed by atoms with Crippen LogP contribution in [0.2, 0.25) is 0 Å². The van der Waals surface area contributed by atoms with Gasteiger partial charge >= 0.3 is 0 Å². The third-order valence-electron chi connectivity index (χ3n) is 3.60. The molecule has 2 heteroatoms. The highest BCUT2D eigenvalue weighted by Crippen LogP contribution is 2.13. The monoisotopic (exact) mass is 240 g/mol. The molecule has 0 spiro atoms. The fourth-order valence-corrected chi connectivity index (χ4v) is 2.71. The van der Waals surface area contributed by atoms with Crippen molar-refractivity contribution >= 4 is 0 Å². The van der Waals surface area contributed by atoms with Gasteiger partial charge in [-0.25, -0.2) is 0 Å². The molecule has 0 bridgehead atoms. The summed E-state index contributed by atoms with van der Waals surface area (Å²) >= 11 is 0. The number of nitrogens with zero attached hydrogens (tertiary/aromatic N) is 1. The van der Waals surface area contributed by atoms with Gasteiger partial charge < -0.3 is 10.2 Å². The van der Waals surface area contributed by atoms with Gasteiger partial charge in [-0.3, -0.25) is 0 Å². The summed E-state index contributed by atoms with van der Waals surface area (Å²) in [6, 6.07) is 1.37. The van der Waals surface area contributed by atoms with Crippen molar-refractivity contribution in [3.63, 3.8) is 0 Å². The first kappa shape index (κ1) is 15.0. The van der Waals surface area contributed by atoms with Gasteiger partial charge in [-0.2, -0.15) is 0 Å². The van der Waals surface area contributed by atoms with Crippen LogP contribution in [0, 0.1) is 5.92 Å². The molecule has 102 valence electrons. The van der Waals surface area contributed by atoms with Crippen LogP contribution < -0.4 is 5.32 Å². The molecule has 0 unspecified atom stereocenters. The third-order valence-corrected chi connectivity index (χ3v) is 3.60. The van der Waals surface area contributed by atoms with Crippen molar-refractivity contribution in [2.45, 2.75) is 71.9 Å². The van der Waals surface area contributed by atoms with E-state index in [4.69, 9.17) is 0 Å². The maximum Gasteiger partial charge on any atom is 0.0209 e. The highest BCUT2D eigenvalue weighted by Gasteiger charge is 2.21. The maximum atomic E-state index is 3.65. The number of rotatable bonds is 8. The first-order valence-corrected chi connectivity index (χ1v) is 7.56. The lowest BCUT2D eigenvalue weighted by Gasteiger charge is -2.18. The highest BCUT2D eigenvalue weighted by atomic mass is 15.2. The Hall–Kier alpha value is -0.0800. The summed E-state index contributed by atoms with van der Waals surface area (Å²) in [4.78, 5) is 2.63. The molecule has 0 saturated carbocycles. The van der Waals surface area contributed by atoms with Gasteiger partial charge in [0, 0.05) is 18.6 Å². The molecule has 0 aromatic carbocycles. The SMILES string of the molecule is CC(C)CCCCCN1CC[C@@H](NC(C)C)C1. The molecule has 1 heterocycles. The van der Waals surface area contributed by atoms with Crippen LogP contribution in [-0.2, 0) is 0 Å². The lowest BCUT2D eigenvalue weighted by atomic mass is 10.1. The van der Waals surface area contributed by atoms with E-state index in [-0.39, 0.29) is 0 Å². The van der Waals surface area contributed by atoms with Crippen molar-refractivity contribution in [3.05, 3.63) is 0 Å². The molecule has 1 rings (SSSR count). The molecule has 0 aromatic heterocycles. The van der Waals surface area contributed by atoms with E-state index in [0.29, 0.717) is 6.04 Å². The zero-order chi connectivity index (χ0) is 12.7. The predicted octanol–water partition coefficient (Wildman–Crippen LogP) is 3.28. The number of nitrogens with one attached hydrogen (secondary N) is 1. The van der Waals surface area contributed by atoms with Gasteiger partial charge in [0.05, 0.1) is 0 Å². The topological polar surface area (TPSA) is 15.3 Å². The Morgan fingerprint density at radius 2 is 1.88 bits per heavy atom. The molecule has 0 aliphatic carbocycles. The van der Waals surface area contributed by atoms with E-state index in [2.05, 4.69) is 37.9 Å². The number of likely N-dealkylation sites (tertiary alicyclic amines) is 1. The van der Waals surface area contributed by atoms with Crippen molar-refractivity contribution in [1.82, 2.24) is 10.2 Å². The second kappa shape index (κ2) is 8.10. The van der Waals surface area contributed by atoms with E-state index in [0.717, 1.165) is 12.0 Å². The first-order chi connectivity index (χ1) is 8.08. The van der Waals surface area contributed by atoms with Crippen molar-refractivity contribution in [2.75, 3.05) is 19.6 Å². The fourth-order valence-electron chi connectivity index (χ4n) is 2.71. The molecule has 0 aromatic rings. The van der Waals surface area contributed by atoms with Gasteiger partial charge in [0.25, 0.3) is 0 Å². The summed E-state index contributed by atoms with van der Waals surface area (Å²) in [6.45, 7) is 13.0. The van der Waals surface area contributed by atoms with E-state index in [9.17, 15) is 0 Å². The molecule has 1 N–H and O–H groups in total. The van der Waals surface area contributed by atoms with Gasteiger partial charge in [-0.05, 0) is 31.8 Å². The van der Waals surface area contributed by atoms with Gasteiger partial charge in [-0.15, -0.1) is 0 Å². The Bertz CT molecular complexity index is 189. The summed E-state index contributed by atoms with van der Waals surface area (Å²) in [5.74, 6) is 0.876. The van der Waals surface area contributed by atoms with E-state index < -0.39 is 0 Å². The van der Waals surface area contributed by atoms with E-state index in [1.165, 1.54) is 51.7 Å². The molecular formula is C15H32N2. The molecule has 1 saturated heterocycles. The Kier molecular flexibility index (Phi) is 7.14. The van der Waals surface area contributed by atoms with Crippen LogP contribution in [0.4, 0.5) is 0 Å². The van der Waals surface area contributed by atoms with Gasteiger partial charge in [0.15, 0.2) is 0 Å². The van der Waals surface area contributed by atoms with Crippen LogP contribution in [0.15, 0.2) is 0 Å². The Balaban J connectivity index is 1.98. The van der Waals surface area contributed by atoms with Crippen molar-refractivity contribution in [3.8, 4) is 0 Å². The number of hydrogen-bond donors (Lipinski definition) is 1. The second-order valence-electron chi connectivity index (χ2n) is 6.35. The Labute approximate surface area is 108 Å². The molecule has 2 nitrogen and oxygen atoms in total. The van der Waals surface area contributed by atoms with Crippen LogP contribution in [0.5, 0.6) is 0 Å². The third kappa shape index (κ3) is 7.05. The van der Waals surface area contributed by atoms with Crippen LogP contribution in [0.1, 0.15) is 59.8 Å². The van der Waals surface area contributed by atoms with Gasteiger partial charge in [0.1, 0.15) is 0 Å². The quantitative estimate of drug-likeness (QED) is 0.655. The summed E-state index contributed by atoms with van der Waals surface area (Å²) in [5, 5.41) is 3.65. The number of unbranched alkanes of at least 4 members (excludes halogenated alkanes) is 2. The highest BCUT2D eigenvalue weighted by molar-refractivity contribution is 4.81. The predicted molar refractivity (Wildman–Crippen MR) is 76.4 cm³/mol. The molecule has 1 atom stereocenters. The van der Waals surface area contributed by atoms with Crippen LogP contribution in [-0.4, -0.2) is 36.6 Å². The smallest absolute Gasteiger partial charge is 0.0209 e. The lowest BCUT2D eigenvalue weighted by Crippen LogP contribution is -2.37. The van der Waals surface area contributed by atoms with Crippen molar-refractivity contribution in [2.24, 2.45) is 5.92 Å². The zero-order valence-corrected chi connectivity index (χ0v) is 12.3. The maximum absolute atomic E-state index is 3.65. The minimum Gasteiger partial charge on any atom is -0.310 e. The van der Waals surface area contributed by atoms with Gasteiger partial charge in [0.2, 0.25) is 0 Å². The summed E-state index contributed by atoms with van der Waals surface area (Å²) in [6.07, 6.45) is 6.96. The van der Waals surface area contributed by atoms with E-state index in [1.807, 2.05) is 0 Å². The minimum absolute atomic E-state index is 0.631. The van der Waals surface area contributed by atoms with E-state index >= 15 is 0 Å². The van der Waals surface area contributed by atoms with E-state index in [1.54, 1.807) is 0 Å². The van der Waals surface area contributed by atoms with Crippen molar-refractivity contribution in [1.29, 1.82) is 0 Å². The molecule has 0 amide bonds. The average molecular weight is 240 g/mol. The minimum atomic E-state index is 0.631. The van der Waals surface area contributed by atoms with Crippen LogP contribution in [0.25, 0.3) is 0 Å². The second-order valence-corrected chi connectivity index (χ2v) is 6.35. The summed E-state index contributed by atoms with van der Waals surface area (Å²) < 4.78 is 0. The van der Waals surface area contributed by atoms with Crippen LogP contribution >= 0.6 is 0 Å². The molecule has 1 aliphatic rings. The molecule has 0 radical (unpaired) electrons. The fraction of sp³-hybridized carbons (Fsp3) is 1.00. The largest absolute Gasteiger partial charge is 0.310 e. The summed E-state index contributed by atoms with van der Waals surface area (Å²) in [7, 11) is 0. The van der Waals surface area contributed by atoms with Crippen molar-refractivity contribution < 1.29 is 0 Å². The Morgan fingerprint density at radius 3 is 2.53 bits per heavy atom. The summed E-state index contributed by atoms with van der Waals surface area (Å²) in [5.41, 5.74) is 0. The standard InChI is InChI=1S/C15H32N2/c1-13(2)8-6-5-7-10-17-11-9-15(12-17)16-14(3)4/h13-16H,5-12H2,1-4H3/t15-/m1/s1. The first-order valence-electron chi connectivity index (χ1n) is 7.56. The molecular weight excluding hydrogens is 208 g/mol. The normalized spacial score (nSPS) is 21.9. The van der Waals surface area contributed by atoms with Crippen LogP contribution in [0.3, 0.4) is 0 Å². The molecule has 1 fully saturated rings. The molecule has 17 heavy (non-hydrogen) atoms. The molecule has 1 aliphatic heterocycles. The van der Waals surface area contributed by atoms with Gasteiger partial charge in [-0.1, -0.05) is 47.0 Å². The number of hydrogen-bond acceptors (Lipinski definition) is 2. The zero-order valence-electron chi connectivity index (χ0n) is 12.3. The Morgan fingerprint density at radius 1 is 1.12 bits per heavy atom. The lowest BCUT2D eigenvalue weighted by molar-refractivity contribution is 0.313. The average Bonchev–Trinajstić information content (AvgIpc) is 2.63.